The molecule has 0 bridgehead atoms. The predicted octanol–water partition coefficient (Wildman–Crippen LogP) is 0.740. The van der Waals surface area contributed by atoms with Crippen molar-refractivity contribution in [1.29, 1.82) is 0 Å². The van der Waals surface area contributed by atoms with E-state index in [2.05, 4.69) is 16.0 Å². The molecule has 0 spiro atoms. The second-order valence-electron chi connectivity index (χ2n) is 8.29. The first-order valence-electron chi connectivity index (χ1n) is 9.85. The monoisotopic (exact) mass is 416 g/mol. The van der Waals surface area contributed by atoms with E-state index in [9.17, 15) is 19.2 Å². The molecule has 0 rings (SSSR count). The first-order chi connectivity index (χ1) is 13.4. The summed E-state index contributed by atoms with van der Waals surface area (Å²) in [5.41, 5.74) is 4.75. The minimum Gasteiger partial charge on any atom is -0.480 e. The molecule has 29 heavy (non-hydrogen) atoms. The van der Waals surface area contributed by atoms with Gasteiger partial charge in [0.05, 0.1) is 0 Å². The Kier molecular flexibility index (Phi) is 11.9. The van der Waals surface area contributed by atoms with Crippen molar-refractivity contribution < 1.29 is 29.0 Å². The lowest BCUT2D eigenvalue weighted by Crippen LogP contribution is -2.54. The maximum Gasteiger partial charge on any atom is 0.408 e. The third-order valence-corrected chi connectivity index (χ3v) is 3.71. The van der Waals surface area contributed by atoms with Gasteiger partial charge in [-0.3, -0.25) is 14.4 Å². The Balaban J connectivity index is 5.17. The van der Waals surface area contributed by atoms with E-state index in [0.29, 0.717) is 32.2 Å². The van der Waals surface area contributed by atoms with Crippen LogP contribution in [0.4, 0.5) is 4.79 Å². The summed E-state index contributed by atoms with van der Waals surface area (Å²) in [5, 5.41) is 16.2. The quantitative estimate of drug-likeness (QED) is 0.293. The molecule has 6 N–H and O–H groups in total. The van der Waals surface area contributed by atoms with Crippen LogP contribution in [0.15, 0.2) is 0 Å². The summed E-state index contributed by atoms with van der Waals surface area (Å²) in [6.07, 6.45) is 1.15. The Hall–Kier alpha value is -2.36. The Morgan fingerprint density at radius 1 is 1.00 bits per heavy atom. The summed E-state index contributed by atoms with van der Waals surface area (Å²) >= 11 is 0. The molecule has 2 atom stereocenters. The fourth-order valence-corrected chi connectivity index (χ4v) is 2.47. The van der Waals surface area contributed by atoms with Gasteiger partial charge in [-0.2, -0.15) is 0 Å². The molecular weight excluding hydrogens is 380 g/mol. The molecule has 0 unspecified atom stereocenters. The van der Waals surface area contributed by atoms with Crippen molar-refractivity contribution in [1.82, 2.24) is 16.0 Å². The lowest BCUT2D eigenvalue weighted by Gasteiger charge is -2.26. The number of rotatable bonds is 12. The number of carbonyl (C=O) groups is 4. The van der Waals surface area contributed by atoms with Crippen LogP contribution in [-0.2, 0) is 19.1 Å². The Bertz CT molecular complexity index is 559. The van der Waals surface area contributed by atoms with Crippen LogP contribution in [0, 0.1) is 5.92 Å². The average molecular weight is 417 g/mol. The molecule has 168 valence electrons. The molecule has 10 heteroatoms. The summed E-state index contributed by atoms with van der Waals surface area (Å²) in [5.74, 6) is -2.22. The lowest BCUT2D eigenvalue weighted by molar-refractivity contribution is -0.138. The first kappa shape index (κ1) is 26.6. The van der Waals surface area contributed by atoms with Gasteiger partial charge < -0.3 is 31.5 Å². The molecule has 0 saturated heterocycles. The standard InChI is InChI=1S/C19H36N4O6/c1-12(2)10-14(23-18(28)29-19(3,4)5)17(27)22-13(8-6-7-9-20)16(26)21-11-15(24)25/h12-14H,6-11,20H2,1-5H3,(H,21,26)(H,22,27)(H,23,28)(H,24,25)/t13-,14+/m1/s1. The topological polar surface area (TPSA) is 160 Å². The van der Waals surface area contributed by atoms with Crippen molar-refractivity contribution in [2.75, 3.05) is 13.1 Å². The number of amides is 3. The van der Waals surface area contributed by atoms with E-state index in [-0.39, 0.29) is 5.92 Å². The zero-order chi connectivity index (χ0) is 22.6. The van der Waals surface area contributed by atoms with Gasteiger partial charge in [-0.1, -0.05) is 13.8 Å². The van der Waals surface area contributed by atoms with Crippen LogP contribution in [0.5, 0.6) is 0 Å². The van der Waals surface area contributed by atoms with Gasteiger partial charge in [-0.15, -0.1) is 0 Å². The fraction of sp³-hybridized carbons (Fsp3) is 0.789. The normalized spacial score (nSPS) is 13.3. The molecule has 10 nitrogen and oxygen atoms in total. The van der Waals surface area contributed by atoms with Crippen molar-refractivity contribution in [3.63, 3.8) is 0 Å². The third kappa shape index (κ3) is 13.4. The number of carbonyl (C=O) groups excluding carboxylic acids is 3. The highest BCUT2D eigenvalue weighted by molar-refractivity contribution is 5.92. The van der Waals surface area contributed by atoms with E-state index in [1.807, 2.05) is 13.8 Å². The van der Waals surface area contributed by atoms with E-state index in [0.717, 1.165) is 0 Å². The summed E-state index contributed by atoms with van der Waals surface area (Å²) in [6.45, 7) is 8.82. The van der Waals surface area contributed by atoms with E-state index < -0.39 is 48.1 Å². The van der Waals surface area contributed by atoms with Crippen molar-refractivity contribution in [3.05, 3.63) is 0 Å². The zero-order valence-corrected chi connectivity index (χ0v) is 18.0. The molecular formula is C19H36N4O6. The number of nitrogens with one attached hydrogen (secondary N) is 3. The van der Waals surface area contributed by atoms with Gasteiger partial charge in [0.15, 0.2) is 0 Å². The van der Waals surface area contributed by atoms with Crippen LogP contribution >= 0.6 is 0 Å². The van der Waals surface area contributed by atoms with Gasteiger partial charge in [0.25, 0.3) is 0 Å². The van der Waals surface area contributed by atoms with E-state index >= 15 is 0 Å². The number of alkyl carbamates (subject to hydrolysis) is 1. The Morgan fingerprint density at radius 2 is 1.62 bits per heavy atom. The minimum absolute atomic E-state index is 0.0946. The summed E-state index contributed by atoms with van der Waals surface area (Å²) in [7, 11) is 0. The van der Waals surface area contributed by atoms with Crippen LogP contribution in [0.25, 0.3) is 0 Å². The number of carboxylic acid groups (broad SMARTS) is 1. The molecule has 0 fully saturated rings. The summed E-state index contributed by atoms with van der Waals surface area (Å²) < 4.78 is 5.21. The average Bonchev–Trinajstić information content (AvgIpc) is 2.56. The van der Waals surface area contributed by atoms with E-state index in [1.165, 1.54) is 0 Å². The lowest BCUT2D eigenvalue weighted by atomic mass is 10.0. The summed E-state index contributed by atoms with van der Waals surface area (Å²) in [6, 6.07) is -1.82. The minimum atomic E-state index is -1.19. The smallest absolute Gasteiger partial charge is 0.408 e. The predicted molar refractivity (Wildman–Crippen MR) is 108 cm³/mol. The van der Waals surface area contributed by atoms with Crippen molar-refractivity contribution >= 4 is 23.9 Å². The molecule has 3 amide bonds. The third-order valence-electron chi connectivity index (χ3n) is 3.71. The van der Waals surface area contributed by atoms with Crippen LogP contribution in [0.1, 0.15) is 60.3 Å². The van der Waals surface area contributed by atoms with Gasteiger partial charge in [0.2, 0.25) is 11.8 Å². The molecule has 0 aromatic rings. The van der Waals surface area contributed by atoms with Gasteiger partial charge in [0.1, 0.15) is 24.2 Å². The number of ether oxygens (including phenoxy) is 1. The van der Waals surface area contributed by atoms with Crippen LogP contribution in [0.3, 0.4) is 0 Å². The van der Waals surface area contributed by atoms with Crippen LogP contribution < -0.4 is 21.7 Å². The molecule has 0 aliphatic carbocycles. The Labute approximate surface area is 172 Å². The Morgan fingerprint density at radius 3 is 2.10 bits per heavy atom. The number of nitrogens with two attached hydrogens (primary N) is 1. The molecule has 0 aromatic carbocycles. The maximum absolute atomic E-state index is 12.8. The second kappa shape index (κ2) is 13.0. The van der Waals surface area contributed by atoms with Gasteiger partial charge in [-0.25, -0.2) is 4.79 Å². The van der Waals surface area contributed by atoms with Crippen LogP contribution in [-0.4, -0.2) is 59.8 Å². The molecule has 0 saturated carbocycles. The molecule has 0 radical (unpaired) electrons. The molecule has 0 aromatic heterocycles. The number of aliphatic carboxylic acids is 1. The largest absolute Gasteiger partial charge is 0.480 e. The van der Waals surface area contributed by atoms with Gasteiger partial charge in [-0.05, 0) is 58.9 Å². The second-order valence-corrected chi connectivity index (χ2v) is 8.29. The van der Waals surface area contributed by atoms with E-state index in [4.69, 9.17) is 15.6 Å². The maximum atomic E-state index is 12.8. The number of hydrogen-bond donors (Lipinski definition) is 5. The number of unbranched alkanes of at least 4 members (excludes halogenated alkanes) is 1. The van der Waals surface area contributed by atoms with E-state index in [1.54, 1.807) is 20.8 Å². The fourth-order valence-electron chi connectivity index (χ4n) is 2.47. The first-order valence-corrected chi connectivity index (χ1v) is 9.85. The van der Waals surface area contributed by atoms with Crippen LogP contribution in [0.2, 0.25) is 0 Å². The summed E-state index contributed by atoms with van der Waals surface area (Å²) in [4.78, 5) is 47.8. The van der Waals surface area contributed by atoms with Crippen molar-refractivity contribution in [2.45, 2.75) is 78.0 Å². The van der Waals surface area contributed by atoms with Gasteiger partial charge >= 0.3 is 12.1 Å². The molecule has 0 aliphatic heterocycles. The highest BCUT2D eigenvalue weighted by Crippen LogP contribution is 2.10. The molecule has 0 aliphatic rings. The number of hydrogen-bond acceptors (Lipinski definition) is 6. The zero-order valence-electron chi connectivity index (χ0n) is 18.0. The van der Waals surface area contributed by atoms with Crippen molar-refractivity contribution in [2.24, 2.45) is 11.7 Å². The highest BCUT2D eigenvalue weighted by atomic mass is 16.6. The molecule has 0 heterocycles. The number of carboxylic acids is 1. The van der Waals surface area contributed by atoms with Gasteiger partial charge in [0, 0.05) is 0 Å². The van der Waals surface area contributed by atoms with Crippen molar-refractivity contribution in [3.8, 4) is 0 Å². The highest BCUT2D eigenvalue weighted by Gasteiger charge is 2.28. The SMILES string of the molecule is CC(C)C[C@H](NC(=O)OC(C)(C)C)C(=O)N[C@H](CCCCN)C(=O)NCC(=O)O.